The van der Waals surface area contributed by atoms with Crippen LogP contribution in [0.4, 0.5) is 0 Å². The number of nitrogens with zero attached hydrogens (tertiary/aromatic N) is 2. The van der Waals surface area contributed by atoms with Gasteiger partial charge >= 0.3 is 5.97 Å². The molecule has 1 atom stereocenters. The highest BCUT2D eigenvalue weighted by molar-refractivity contribution is 5.67. The van der Waals surface area contributed by atoms with Crippen molar-refractivity contribution in [1.29, 1.82) is 0 Å². The molecular weight excluding hydrogens is 182 g/mol. The number of nitrogens with one attached hydrogen (secondary N) is 1. The Labute approximate surface area is 82.7 Å². The molecule has 0 aliphatic heterocycles. The molecule has 1 rings (SSSR count). The molecule has 1 aromatic heterocycles. The summed E-state index contributed by atoms with van der Waals surface area (Å²) >= 11 is 0. The Morgan fingerprint density at radius 1 is 1.79 bits per heavy atom. The average molecular weight is 197 g/mol. The SMILES string of the molecule is CCNC(CC(=O)O)c1cnn(C)c1. The summed E-state index contributed by atoms with van der Waals surface area (Å²) in [6.07, 6.45) is 3.60. The standard InChI is InChI=1S/C9H15N3O2/c1-3-10-8(4-9(13)14)7-5-11-12(2)6-7/h5-6,8,10H,3-4H2,1-2H3,(H,13,14). The van der Waals surface area contributed by atoms with Gasteiger partial charge in [-0.15, -0.1) is 0 Å². The summed E-state index contributed by atoms with van der Waals surface area (Å²) in [5.41, 5.74) is 0.914. The van der Waals surface area contributed by atoms with Gasteiger partial charge in [-0.2, -0.15) is 5.10 Å². The second-order valence-corrected chi connectivity index (χ2v) is 3.16. The number of aromatic nitrogens is 2. The maximum Gasteiger partial charge on any atom is 0.305 e. The van der Waals surface area contributed by atoms with Crippen molar-refractivity contribution >= 4 is 5.97 Å². The zero-order chi connectivity index (χ0) is 10.6. The molecule has 0 radical (unpaired) electrons. The summed E-state index contributed by atoms with van der Waals surface area (Å²) in [5.74, 6) is -0.806. The number of hydrogen-bond donors (Lipinski definition) is 2. The molecule has 14 heavy (non-hydrogen) atoms. The highest BCUT2D eigenvalue weighted by Gasteiger charge is 2.15. The quantitative estimate of drug-likeness (QED) is 0.723. The van der Waals surface area contributed by atoms with Crippen LogP contribution in [0.1, 0.15) is 24.9 Å². The molecule has 5 nitrogen and oxygen atoms in total. The van der Waals surface area contributed by atoms with Crippen molar-refractivity contribution in [2.24, 2.45) is 7.05 Å². The Balaban J connectivity index is 2.71. The number of rotatable bonds is 5. The van der Waals surface area contributed by atoms with Crippen molar-refractivity contribution in [3.05, 3.63) is 18.0 Å². The van der Waals surface area contributed by atoms with E-state index in [1.165, 1.54) is 0 Å². The second kappa shape index (κ2) is 4.76. The normalized spacial score (nSPS) is 12.7. The topological polar surface area (TPSA) is 67.2 Å². The molecule has 0 saturated heterocycles. The lowest BCUT2D eigenvalue weighted by atomic mass is 10.1. The van der Waals surface area contributed by atoms with E-state index in [0.717, 1.165) is 12.1 Å². The first-order valence-corrected chi connectivity index (χ1v) is 4.57. The summed E-state index contributed by atoms with van der Waals surface area (Å²) < 4.78 is 1.67. The van der Waals surface area contributed by atoms with Crippen LogP contribution in [0.5, 0.6) is 0 Å². The predicted octanol–water partition coefficient (Wildman–Crippen LogP) is 0.545. The van der Waals surface area contributed by atoms with E-state index in [9.17, 15) is 4.79 Å². The molecule has 0 aliphatic carbocycles. The van der Waals surface area contributed by atoms with E-state index in [0.29, 0.717) is 0 Å². The molecule has 1 unspecified atom stereocenters. The maximum absolute atomic E-state index is 10.6. The van der Waals surface area contributed by atoms with Crippen LogP contribution in [0.15, 0.2) is 12.4 Å². The number of aliphatic carboxylic acids is 1. The molecule has 78 valence electrons. The first kappa shape index (κ1) is 10.7. The van der Waals surface area contributed by atoms with Gasteiger partial charge in [0, 0.05) is 24.8 Å². The van der Waals surface area contributed by atoms with Gasteiger partial charge in [0.2, 0.25) is 0 Å². The lowest BCUT2D eigenvalue weighted by Crippen LogP contribution is -2.23. The molecule has 5 heteroatoms. The van der Waals surface area contributed by atoms with E-state index >= 15 is 0 Å². The number of carboxylic acids is 1. The molecule has 1 aromatic rings. The van der Waals surface area contributed by atoms with Gasteiger partial charge in [-0.25, -0.2) is 0 Å². The molecule has 0 saturated carbocycles. The van der Waals surface area contributed by atoms with Crippen LogP contribution in [-0.2, 0) is 11.8 Å². The summed E-state index contributed by atoms with van der Waals surface area (Å²) in [4.78, 5) is 10.6. The van der Waals surface area contributed by atoms with E-state index in [-0.39, 0.29) is 12.5 Å². The number of aryl methyl sites for hydroxylation is 1. The monoisotopic (exact) mass is 197 g/mol. The van der Waals surface area contributed by atoms with Crippen molar-refractivity contribution in [2.45, 2.75) is 19.4 Å². The van der Waals surface area contributed by atoms with E-state index in [1.54, 1.807) is 10.9 Å². The Bertz CT molecular complexity index is 309. The molecule has 0 bridgehead atoms. The zero-order valence-corrected chi connectivity index (χ0v) is 8.40. The second-order valence-electron chi connectivity index (χ2n) is 3.16. The van der Waals surface area contributed by atoms with Crippen molar-refractivity contribution in [1.82, 2.24) is 15.1 Å². The van der Waals surface area contributed by atoms with E-state index in [2.05, 4.69) is 10.4 Å². The lowest BCUT2D eigenvalue weighted by molar-refractivity contribution is -0.137. The van der Waals surface area contributed by atoms with Crippen LogP contribution < -0.4 is 5.32 Å². The fourth-order valence-corrected chi connectivity index (χ4v) is 1.35. The van der Waals surface area contributed by atoms with E-state index < -0.39 is 5.97 Å². The minimum atomic E-state index is -0.806. The maximum atomic E-state index is 10.6. The fraction of sp³-hybridized carbons (Fsp3) is 0.556. The molecule has 0 fully saturated rings. The Kier molecular flexibility index (Phi) is 3.64. The number of carbonyl (C=O) groups is 1. The van der Waals surface area contributed by atoms with Gasteiger partial charge in [-0.3, -0.25) is 9.48 Å². The zero-order valence-electron chi connectivity index (χ0n) is 8.40. The van der Waals surface area contributed by atoms with Gasteiger partial charge in [0.15, 0.2) is 0 Å². The summed E-state index contributed by atoms with van der Waals surface area (Å²) in [5, 5.41) is 15.8. The van der Waals surface area contributed by atoms with Crippen LogP contribution in [0.25, 0.3) is 0 Å². The first-order chi connectivity index (χ1) is 6.63. The van der Waals surface area contributed by atoms with Crippen LogP contribution in [0.3, 0.4) is 0 Å². The smallest absolute Gasteiger partial charge is 0.305 e. The third-order valence-corrected chi connectivity index (χ3v) is 1.96. The summed E-state index contributed by atoms with van der Waals surface area (Å²) in [6.45, 7) is 2.69. The minimum absolute atomic E-state index is 0.0829. The molecule has 0 aliphatic rings. The first-order valence-electron chi connectivity index (χ1n) is 4.57. The fourth-order valence-electron chi connectivity index (χ4n) is 1.35. The molecule has 0 aromatic carbocycles. The van der Waals surface area contributed by atoms with Gasteiger partial charge in [0.25, 0.3) is 0 Å². The van der Waals surface area contributed by atoms with Gasteiger partial charge in [0.05, 0.1) is 12.6 Å². The highest BCUT2D eigenvalue weighted by atomic mass is 16.4. The van der Waals surface area contributed by atoms with Crippen molar-refractivity contribution in [2.75, 3.05) is 6.54 Å². The highest BCUT2D eigenvalue weighted by Crippen LogP contribution is 2.15. The minimum Gasteiger partial charge on any atom is -0.481 e. The molecule has 0 spiro atoms. The lowest BCUT2D eigenvalue weighted by Gasteiger charge is -2.13. The Hall–Kier alpha value is -1.36. The van der Waals surface area contributed by atoms with Gasteiger partial charge in [-0.05, 0) is 6.54 Å². The molecule has 0 amide bonds. The van der Waals surface area contributed by atoms with Gasteiger partial charge in [0.1, 0.15) is 0 Å². The Morgan fingerprint density at radius 3 is 2.93 bits per heavy atom. The van der Waals surface area contributed by atoms with Crippen molar-refractivity contribution in [3.8, 4) is 0 Å². The van der Waals surface area contributed by atoms with Crippen LogP contribution in [-0.4, -0.2) is 27.4 Å². The summed E-state index contributed by atoms with van der Waals surface area (Å²) in [6, 6.07) is -0.147. The largest absolute Gasteiger partial charge is 0.481 e. The number of carboxylic acid groups (broad SMARTS) is 1. The average Bonchev–Trinajstić information content (AvgIpc) is 2.50. The molecule has 1 heterocycles. The van der Waals surface area contributed by atoms with E-state index in [4.69, 9.17) is 5.11 Å². The molecular formula is C9H15N3O2. The van der Waals surface area contributed by atoms with Gasteiger partial charge < -0.3 is 10.4 Å². The van der Waals surface area contributed by atoms with Gasteiger partial charge in [-0.1, -0.05) is 6.92 Å². The third kappa shape index (κ3) is 2.85. The summed E-state index contributed by atoms with van der Waals surface area (Å²) in [7, 11) is 1.81. The predicted molar refractivity (Wildman–Crippen MR) is 51.9 cm³/mol. The molecule has 2 N–H and O–H groups in total. The number of hydrogen-bond acceptors (Lipinski definition) is 3. The Morgan fingerprint density at radius 2 is 2.50 bits per heavy atom. The van der Waals surface area contributed by atoms with Crippen molar-refractivity contribution in [3.63, 3.8) is 0 Å². The van der Waals surface area contributed by atoms with E-state index in [1.807, 2.05) is 20.2 Å². The van der Waals surface area contributed by atoms with Crippen LogP contribution >= 0.6 is 0 Å². The third-order valence-electron chi connectivity index (χ3n) is 1.96. The van der Waals surface area contributed by atoms with Crippen LogP contribution in [0, 0.1) is 0 Å². The van der Waals surface area contributed by atoms with Crippen molar-refractivity contribution < 1.29 is 9.90 Å². The van der Waals surface area contributed by atoms with Crippen LogP contribution in [0.2, 0.25) is 0 Å².